The van der Waals surface area contributed by atoms with Crippen LogP contribution in [0.5, 0.6) is 0 Å². The molecule has 0 unspecified atom stereocenters. The number of unbranched alkanes of at least 4 members (excludes halogenated alkanes) is 3. The number of anilines is 1. The van der Waals surface area contributed by atoms with Crippen LogP contribution in [0.4, 0.5) is 10.5 Å². The molecule has 0 fully saturated rings. The van der Waals surface area contributed by atoms with Gasteiger partial charge in [-0.05, 0) is 36.1 Å². The van der Waals surface area contributed by atoms with Crippen LogP contribution in [0.3, 0.4) is 0 Å². The van der Waals surface area contributed by atoms with Gasteiger partial charge in [0.25, 0.3) is 0 Å². The summed E-state index contributed by atoms with van der Waals surface area (Å²) in [6, 6.07) is 15.3. The molecule has 0 aliphatic rings. The lowest BCUT2D eigenvalue weighted by atomic mass is 10.1. The van der Waals surface area contributed by atoms with Crippen molar-refractivity contribution in [3.63, 3.8) is 0 Å². The monoisotopic (exact) mass is 499 g/mol. The zero-order valence-electron chi connectivity index (χ0n) is 20.3. The van der Waals surface area contributed by atoms with Crippen molar-refractivity contribution in [2.45, 2.75) is 57.6 Å². The van der Waals surface area contributed by atoms with E-state index in [1.54, 1.807) is 29.7 Å². The van der Waals surface area contributed by atoms with Crippen molar-refractivity contribution in [3.05, 3.63) is 65.7 Å². The van der Waals surface area contributed by atoms with Crippen LogP contribution in [0.2, 0.25) is 0 Å². The number of ether oxygens (including phenoxy) is 2. The van der Waals surface area contributed by atoms with E-state index in [4.69, 9.17) is 14.7 Å². The molecule has 0 bridgehead atoms. The van der Waals surface area contributed by atoms with E-state index < -0.39 is 24.0 Å². The number of amides is 3. The van der Waals surface area contributed by atoms with Gasteiger partial charge in [-0.3, -0.25) is 14.8 Å². The highest BCUT2D eigenvalue weighted by atomic mass is 16.6. The Hall–Kier alpha value is -3.92. The molecule has 2 aromatic carbocycles. The summed E-state index contributed by atoms with van der Waals surface area (Å²) in [5, 5.41) is 13.8. The normalized spacial score (nSPS) is 11.2. The molecule has 0 heterocycles. The molecule has 0 aromatic heterocycles. The smallest absolute Gasteiger partial charge is 0.408 e. The Labute approximate surface area is 210 Å². The largest absolute Gasteiger partial charge is 0.467 e. The summed E-state index contributed by atoms with van der Waals surface area (Å²) in [6.07, 6.45) is 3.02. The minimum Gasteiger partial charge on any atom is -0.467 e. The van der Waals surface area contributed by atoms with E-state index in [0.29, 0.717) is 30.5 Å². The molecular weight excluding hydrogens is 466 g/mol. The second-order valence-corrected chi connectivity index (χ2v) is 8.18. The topological polar surface area (TPSA) is 143 Å². The predicted octanol–water partition coefficient (Wildman–Crippen LogP) is 3.48. The number of hydrogen-bond acceptors (Lipinski definition) is 7. The van der Waals surface area contributed by atoms with Crippen molar-refractivity contribution in [1.82, 2.24) is 10.8 Å². The number of carbonyl (C=O) groups is 4. The highest BCUT2D eigenvalue weighted by Gasteiger charge is 2.22. The summed E-state index contributed by atoms with van der Waals surface area (Å²) in [5.74, 6) is -1.12. The number of methoxy groups -OCH3 is 1. The summed E-state index contributed by atoms with van der Waals surface area (Å²) < 4.78 is 10.1. The van der Waals surface area contributed by atoms with Crippen LogP contribution in [0.25, 0.3) is 0 Å². The predicted molar refractivity (Wildman–Crippen MR) is 132 cm³/mol. The Morgan fingerprint density at radius 1 is 0.861 bits per heavy atom. The first-order valence-corrected chi connectivity index (χ1v) is 11.8. The third kappa shape index (κ3) is 11.0. The van der Waals surface area contributed by atoms with Gasteiger partial charge in [-0.25, -0.2) is 15.1 Å². The fraction of sp³-hybridized carbons (Fsp3) is 0.385. The van der Waals surface area contributed by atoms with Gasteiger partial charge in [-0.1, -0.05) is 55.3 Å². The highest BCUT2D eigenvalue weighted by Crippen LogP contribution is 2.14. The van der Waals surface area contributed by atoms with Gasteiger partial charge in [0.05, 0.1) is 7.11 Å². The van der Waals surface area contributed by atoms with Crippen molar-refractivity contribution in [2.24, 2.45) is 0 Å². The fourth-order valence-electron chi connectivity index (χ4n) is 3.46. The average Bonchev–Trinajstić information content (AvgIpc) is 2.89. The lowest BCUT2D eigenvalue weighted by molar-refractivity contribution is -0.143. The number of hydrogen-bond donors (Lipinski definition) is 4. The van der Waals surface area contributed by atoms with Crippen LogP contribution in [-0.2, 0) is 36.9 Å². The molecule has 10 heteroatoms. The Morgan fingerprint density at radius 2 is 1.53 bits per heavy atom. The van der Waals surface area contributed by atoms with Crippen LogP contribution in [0.1, 0.15) is 49.7 Å². The second kappa shape index (κ2) is 15.9. The molecule has 2 aromatic rings. The molecule has 0 saturated heterocycles. The maximum absolute atomic E-state index is 12.3. The van der Waals surface area contributed by atoms with Crippen molar-refractivity contribution >= 4 is 29.6 Å². The van der Waals surface area contributed by atoms with E-state index in [-0.39, 0.29) is 25.4 Å². The third-order valence-electron chi connectivity index (χ3n) is 5.32. The van der Waals surface area contributed by atoms with E-state index in [1.807, 2.05) is 30.3 Å². The molecule has 2 rings (SSSR count). The SMILES string of the molecule is COC(=O)[C@H](Cc1ccccc1)NC(=O)OCc1cccc(NC(=O)CCCCCCC(=O)NO)c1. The highest BCUT2D eigenvalue weighted by molar-refractivity contribution is 5.90. The number of benzene rings is 2. The molecule has 0 aliphatic heterocycles. The molecular formula is C26H33N3O7. The zero-order valence-corrected chi connectivity index (χ0v) is 20.3. The van der Waals surface area contributed by atoms with E-state index in [9.17, 15) is 19.2 Å². The van der Waals surface area contributed by atoms with Gasteiger partial charge in [0.15, 0.2) is 0 Å². The van der Waals surface area contributed by atoms with Crippen LogP contribution < -0.4 is 16.1 Å². The lowest BCUT2D eigenvalue weighted by Crippen LogP contribution is -2.43. The maximum atomic E-state index is 12.3. The number of nitrogens with one attached hydrogen (secondary N) is 3. The molecule has 36 heavy (non-hydrogen) atoms. The van der Waals surface area contributed by atoms with Crippen LogP contribution >= 0.6 is 0 Å². The first kappa shape index (κ1) is 28.3. The molecule has 0 saturated carbocycles. The Bertz CT molecular complexity index is 998. The van der Waals surface area contributed by atoms with Gasteiger partial charge in [-0.15, -0.1) is 0 Å². The van der Waals surface area contributed by atoms with E-state index in [2.05, 4.69) is 10.6 Å². The summed E-state index contributed by atoms with van der Waals surface area (Å²) in [6.45, 7) is -0.0454. The summed E-state index contributed by atoms with van der Waals surface area (Å²) in [5.41, 5.74) is 3.71. The summed E-state index contributed by atoms with van der Waals surface area (Å²) in [4.78, 5) is 47.5. The zero-order chi connectivity index (χ0) is 26.2. The molecule has 3 amide bonds. The molecule has 0 radical (unpaired) electrons. The first-order chi connectivity index (χ1) is 17.4. The Kier molecular flexibility index (Phi) is 12.5. The Morgan fingerprint density at radius 3 is 2.19 bits per heavy atom. The van der Waals surface area contributed by atoms with Crippen LogP contribution in [-0.4, -0.2) is 42.2 Å². The van der Waals surface area contributed by atoms with Crippen molar-refractivity contribution in [3.8, 4) is 0 Å². The molecule has 0 spiro atoms. The molecule has 1 atom stereocenters. The Balaban J connectivity index is 1.76. The van der Waals surface area contributed by atoms with E-state index in [0.717, 1.165) is 18.4 Å². The standard InChI is InChI=1S/C26H33N3O7/c1-35-25(32)22(17-19-10-5-4-6-11-19)28-26(33)36-18-20-12-9-13-21(16-20)27-23(30)14-7-2-3-8-15-24(31)29-34/h4-6,9-13,16,22,34H,2-3,7-8,14-15,17-18H2,1H3,(H,27,30)(H,28,33)(H,29,31)/t22-/m0/s1. The number of esters is 1. The summed E-state index contributed by atoms with van der Waals surface area (Å²) >= 11 is 0. The molecule has 10 nitrogen and oxygen atoms in total. The fourth-order valence-corrected chi connectivity index (χ4v) is 3.46. The van der Waals surface area contributed by atoms with Gasteiger partial charge >= 0.3 is 12.1 Å². The van der Waals surface area contributed by atoms with Crippen molar-refractivity contribution in [2.75, 3.05) is 12.4 Å². The van der Waals surface area contributed by atoms with E-state index in [1.165, 1.54) is 7.11 Å². The number of carbonyl (C=O) groups excluding carboxylic acids is 4. The maximum Gasteiger partial charge on any atom is 0.408 e. The number of rotatable bonds is 14. The van der Waals surface area contributed by atoms with Gasteiger partial charge in [-0.2, -0.15) is 0 Å². The van der Waals surface area contributed by atoms with Gasteiger partial charge in [0, 0.05) is 24.9 Å². The molecule has 0 aliphatic carbocycles. The van der Waals surface area contributed by atoms with Gasteiger partial charge in [0.2, 0.25) is 11.8 Å². The lowest BCUT2D eigenvalue weighted by Gasteiger charge is -2.16. The minimum atomic E-state index is -0.887. The second-order valence-electron chi connectivity index (χ2n) is 8.18. The average molecular weight is 500 g/mol. The molecule has 4 N–H and O–H groups in total. The first-order valence-electron chi connectivity index (χ1n) is 11.8. The third-order valence-corrected chi connectivity index (χ3v) is 5.32. The number of alkyl carbamates (subject to hydrolysis) is 1. The van der Waals surface area contributed by atoms with Gasteiger partial charge < -0.3 is 20.1 Å². The van der Waals surface area contributed by atoms with Crippen LogP contribution in [0, 0.1) is 0 Å². The quantitative estimate of drug-likeness (QED) is 0.135. The minimum absolute atomic E-state index is 0.0454. The van der Waals surface area contributed by atoms with E-state index >= 15 is 0 Å². The van der Waals surface area contributed by atoms with Crippen molar-refractivity contribution < 1.29 is 33.9 Å². The van der Waals surface area contributed by atoms with Gasteiger partial charge in [0.1, 0.15) is 12.6 Å². The van der Waals surface area contributed by atoms with Crippen LogP contribution in [0.15, 0.2) is 54.6 Å². The summed E-state index contributed by atoms with van der Waals surface area (Å²) in [7, 11) is 1.26. The van der Waals surface area contributed by atoms with Crippen molar-refractivity contribution in [1.29, 1.82) is 0 Å². The number of hydroxylamine groups is 1. The molecule has 194 valence electrons.